The minimum atomic E-state index is -0.918. The first kappa shape index (κ1) is 25.6. The van der Waals surface area contributed by atoms with Gasteiger partial charge in [0.25, 0.3) is 5.91 Å². The topological polar surface area (TPSA) is 101 Å². The van der Waals surface area contributed by atoms with Crippen LogP contribution < -0.4 is 10.6 Å². The largest absolute Gasteiger partial charge is 0.436 e. The van der Waals surface area contributed by atoms with Gasteiger partial charge in [-0.1, -0.05) is 31.0 Å². The van der Waals surface area contributed by atoms with E-state index in [0.29, 0.717) is 31.5 Å². The van der Waals surface area contributed by atoms with Crippen molar-refractivity contribution in [2.24, 2.45) is 0 Å². The number of anilines is 1. The number of benzene rings is 1. The van der Waals surface area contributed by atoms with Gasteiger partial charge in [-0.05, 0) is 64.3 Å². The monoisotopic (exact) mass is 468 g/mol. The normalized spacial score (nSPS) is 15.0. The summed E-state index contributed by atoms with van der Waals surface area (Å²) in [4.78, 5) is 43.2. The molecule has 1 atom stereocenters. The van der Waals surface area contributed by atoms with Crippen molar-refractivity contribution >= 4 is 34.4 Å². The maximum Gasteiger partial charge on any atom is 0.407 e. The van der Waals surface area contributed by atoms with Crippen LogP contribution in [0.3, 0.4) is 0 Å². The lowest BCUT2D eigenvalue weighted by Gasteiger charge is -2.26. The zero-order chi connectivity index (χ0) is 24.2. The van der Waals surface area contributed by atoms with Gasteiger partial charge in [0, 0.05) is 24.9 Å². The molecule has 184 valence electrons. The van der Waals surface area contributed by atoms with E-state index in [4.69, 9.17) is 4.74 Å². The smallest absolute Gasteiger partial charge is 0.407 e. The van der Waals surface area contributed by atoms with Crippen molar-refractivity contribution in [3.8, 4) is 0 Å². The zero-order valence-electron chi connectivity index (χ0n) is 20.1. The number of amides is 2. The molecular formula is C26H36N4O4. The third-order valence-electron chi connectivity index (χ3n) is 6.04. The number of ether oxygens (including phenoxy) is 1. The molecular weight excluding hydrogens is 432 g/mol. The number of rotatable bonds is 12. The number of hydrogen-bond donors (Lipinski definition) is 2. The molecule has 0 saturated carbocycles. The van der Waals surface area contributed by atoms with Crippen LogP contribution in [-0.4, -0.2) is 60.0 Å². The maximum absolute atomic E-state index is 13.0. The molecule has 2 aromatic rings. The number of nitrogens with one attached hydrogen (secondary N) is 2. The zero-order valence-corrected chi connectivity index (χ0v) is 20.1. The molecule has 1 saturated heterocycles. The molecule has 0 spiro atoms. The molecule has 0 radical (unpaired) electrons. The van der Waals surface area contributed by atoms with Crippen molar-refractivity contribution < 1.29 is 19.1 Å². The number of likely N-dealkylation sites (tertiary alicyclic amines) is 1. The Morgan fingerprint density at radius 3 is 2.68 bits per heavy atom. The maximum atomic E-state index is 13.0. The van der Waals surface area contributed by atoms with E-state index in [9.17, 15) is 14.4 Å². The van der Waals surface area contributed by atoms with Crippen LogP contribution in [0.1, 0.15) is 58.3 Å². The number of alkyl carbamates (subject to hydrolysis) is 1. The molecule has 2 N–H and O–H groups in total. The van der Waals surface area contributed by atoms with Gasteiger partial charge in [0.2, 0.25) is 0 Å². The Kier molecular flexibility index (Phi) is 10.3. The third kappa shape index (κ3) is 8.74. The number of unbranched alkanes of at least 4 members (excludes halogenated alkanes) is 2. The molecule has 34 heavy (non-hydrogen) atoms. The quantitative estimate of drug-likeness (QED) is 0.451. The Hall–Kier alpha value is -3.00. The number of piperidine rings is 1. The number of fused-ring (bicyclic) bond motifs is 1. The summed E-state index contributed by atoms with van der Waals surface area (Å²) in [6.07, 6.45) is 6.91. The summed E-state index contributed by atoms with van der Waals surface area (Å²) < 4.78 is 5.52. The molecule has 3 rings (SSSR count). The Morgan fingerprint density at radius 2 is 1.88 bits per heavy atom. The Morgan fingerprint density at radius 1 is 1.09 bits per heavy atom. The summed E-state index contributed by atoms with van der Waals surface area (Å²) in [6, 6.07) is 9.51. The minimum Gasteiger partial charge on any atom is -0.436 e. The van der Waals surface area contributed by atoms with E-state index in [2.05, 4.69) is 20.5 Å². The minimum absolute atomic E-state index is 0.155. The summed E-state index contributed by atoms with van der Waals surface area (Å²) >= 11 is 0. The highest BCUT2D eigenvalue weighted by molar-refractivity contribution is 5.96. The van der Waals surface area contributed by atoms with E-state index < -0.39 is 12.2 Å². The summed E-state index contributed by atoms with van der Waals surface area (Å²) in [5.41, 5.74) is 1.39. The van der Waals surface area contributed by atoms with Gasteiger partial charge in [-0.2, -0.15) is 0 Å². The van der Waals surface area contributed by atoms with E-state index in [1.54, 1.807) is 13.1 Å². The lowest BCUT2D eigenvalue weighted by molar-refractivity contribution is -0.124. The number of carbonyl (C=O) groups excluding carboxylic acids is 3. The van der Waals surface area contributed by atoms with Crippen LogP contribution in [0.4, 0.5) is 10.5 Å². The number of pyridine rings is 1. The van der Waals surface area contributed by atoms with Gasteiger partial charge < -0.3 is 25.1 Å². The van der Waals surface area contributed by atoms with Gasteiger partial charge in [0.1, 0.15) is 5.78 Å². The van der Waals surface area contributed by atoms with Crippen molar-refractivity contribution in [2.45, 2.75) is 64.4 Å². The van der Waals surface area contributed by atoms with Crippen LogP contribution >= 0.6 is 0 Å². The number of para-hydroxylation sites is 1. The van der Waals surface area contributed by atoms with Gasteiger partial charge in [-0.15, -0.1) is 0 Å². The molecule has 0 unspecified atom stereocenters. The lowest BCUT2D eigenvalue weighted by Crippen LogP contribution is -2.40. The average molecular weight is 469 g/mol. The standard InChI is InChI=1S/C26H36N4O4/c1-20(31)10-4-2-5-13-24(34-26(33)27-14-17-30-15-8-3-9-16-30)25(32)29-22-18-21-11-6-7-12-23(21)28-19-22/h6-7,11-12,18-19,24H,2-5,8-10,13-17H2,1H3,(H,27,33)(H,29,32)/t24-/m0/s1. The Balaban J connectivity index is 1.53. The van der Waals surface area contributed by atoms with Crippen molar-refractivity contribution in [1.82, 2.24) is 15.2 Å². The number of ketones is 1. The molecule has 1 fully saturated rings. The second-order valence-corrected chi connectivity index (χ2v) is 8.93. The highest BCUT2D eigenvalue weighted by Gasteiger charge is 2.23. The van der Waals surface area contributed by atoms with Gasteiger partial charge in [-0.25, -0.2) is 4.79 Å². The summed E-state index contributed by atoms with van der Waals surface area (Å²) in [5.74, 6) is -0.225. The van der Waals surface area contributed by atoms with Gasteiger partial charge in [0.15, 0.2) is 6.10 Å². The molecule has 0 aliphatic carbocycles. The SMILES string of the molecule is CC(=O)CCCCC[C@H](OC(=O)NCCN1CCCCC1)C(=O)Nc1cnc2ccccc2c1. The van der Waals surface area contributed by atoms with Crippen LogP contribution in [0.25, 0.3) is 10.9 Å². The summed E-state index contributed by atoms with van der Waals surface area (Å²) in [6.45, 7) is 4.95. The van der Waals surface area contributed by atoms with E-state index in [-0.39, 0.29) is 11.7 Å². The molecule has 8 heteroatoms. The molecule has 1 aromatic carbocycles. The fourth-order valence-electron chi connectivity index (χ4n) is 4.16. The molecule has 0 bridgehead atoms. The van der Waals surface area contributed by atoms with Crippen LogP contribution in [-0.2, 0) is 14.3 Å². The lowest BCUT2D eigenvalue weighted by atomic mass is 10.1. The number of Topliss-reactive ketones (excluding diaryl/α,β-unsaturated/α-hetero) is 1. The predicted octanol–water partition coefficient (Wildman–Crippen LogP) is 4.29. The first-order chi connectivity index (χ1) is 16.5. The van der Waals surface area contributed by atoms with Gasteiger partial charge >= 0.3 is 6.09 Å². The number of nitrogens with zero attached hydrogens (tertiary/aromatic N) is 2. The van der Waals surface area contributed by atoms with E-state index in [1.807, 2.05) is 30.3 Å². The molecule has 2 heterocycles. The molecule has 1 aliphatic heterocycles. The molecule has 1 aliphatic rings. The van der Waals surface area contributed by atoms with Crippen LogP contribution in [0.5, 0.6) is 0 Å². The van der Waals surface area contributed by atoms with Crippen molar-refractivity contribution in [2.75, 3.05) is 31.5 Å². The second-order valence-electron chi connectivity index (χ2n) is 8.93. The first-order valence-corrected chi connectivity index (χ1v) is 12.3. The highest BCUT2D eigenvalue weighted by Crippen LogP contribution is 2.18. The Labute approximate surface area is 201 Å². The Bertz CT molecular complexity index is 959. The highest BCUT2D eigenvalue weighted by atomic mass is 16.6. The summed E-state index contributed by atoms with van der Waals surface area (Å²) in [7, 11) is 0. The molecule has 8 nitrogen and oxygen atoms in total. The van der Waals surface area contributed by atoms with Crippen LogP contribution in [0, 0.1) is 0 Å². The average Bonchev–Trinajstić information content (AvgIpc) is 2.83. The summed E-state index contributed by atoms with van der Waals surface area (Å²) in [5, 5.41) is 6.53. The number of hydrogen-bond acceptors (Lipinski definition) is 6. The van der Waals surface area contributed by atoms with Crippen molar-refractivity contribution in [3.63, 3.8) is 0 Å². The number of carbonyl (C=O) groups is 3. The molecule has 2 amide bonds. The van der Waals surface area contributed by atoms with Crippen LogP contribution in [0.2, 0.25) is 0 Å². The first-order valence-electron chi connectivity index (χ1n) is 12.3. The van der Waals surface area contributed by atoms with Crippen LogP contribution in [0.15, 0.2) is 36.5 Å². The van der Waals surface area contributed by atoms with Gasteiger partial charge in [0.05, 0.1) is 17.4 Å². The fraction of sp³-hybridized carbons (Fsp3) is 0.538. The van der Waals surface area contributed by atoms with Crippen molar-refractivity contribution in [1.29, 1.82) is 0 Å². The predicted molar refractivity (Wildman–Crippen MR) is 133 cm³/mol. The van der Waals surface area contributed by atoms with E-state index >= 15 is 0 Å². The van der Waals surface area contributed by atoms with E-state index in [1.165, 1.54) is 19.3 Å². The van der Waals surface area contributed by atoms with Crippen molar-refractivity contribution in [3.05, 3.63) is 36.5 Å². The molecule has 1 aromatic heterocycles. The second kappa shape index (κ2) is 13.6. The number of aromatic nitrogens is 1. The fourth-order valence-corrected chi connectivity index (χ4v) is 4.16. The third-order valence-corrected chi connectivity index (χ3v) is 6.04. The van der Waals surface area contributed by atoms with Gasteiger partial charge in [-0.3, -0.25) is 9.78 Å². The van der Waals surface area contributed by atoms with E-state index in [0.717, 1.165) is 43.4 Å².